The SMILES string of the molecule is CC(=O)Oc1c(C#CI)ccnc1CO[Si](c1ccccc1)(c1ccccc1)C(C)(C)C. The van der Waals surface area contributed by atoms with Crippen molar-refractivity contribution in [1.29, 1.82) is 0 Å². The molecule has 0 amide bonds. The predicted molar refractivity (Wildman–Crippen MR) is 139 cm³/mol. The van der Waals surface area contributed by atoms with Gasteiger partial charge in [0.2, 0.25) is 0 Å². The van der Waals surface area contributed by atoms with Gasteiger partial charge in [0, 0.05) is 35.7 Å². The Bertz CT molecular complexity index is 1090. The van der Waals surface area contributed by atoms with Gasteiger partial charge in [-0.15, -0.1) is 0 Å². The summed E-state index contributed by atoms with van der Waals surface area (Å²) in [6.45, 7) is 8.24. The lowest BCUT2D eigenvalue weighted by molar-refractivity contribution is -0.132. The largest absolute Gasteiger partial charge is 0.423 e. The van der Waals surface area contributed by atoms with Gasteiger partial charge in [0.15, 0.2) is 5.75 Å². The van der Waals surface area contributed by atoms with Crippen LogP contribution in [0.1, 0.15) is 39.0 Å². The highest BCUT2D eigenvalue weighted by atomic mass is 127. The minimum Gasteiger partial charge on any atom is -0.423 e. The summed E-state index contributed by atoms with van der Waals surface area (Å²) in [5.74, 6) is 2.94. The first-order valence-electron chi connectivity index (χ1n) is 10.3. The van der Waals surface area contributed by atoms with Crippen molar-refractivity contribution in [2.24, 2.45) is 0 Å². The van der Waals surface area contributed by atoms with Crippen LogP contribution < -0.4 is 15.1 Å². The average molecular weight is 555 g/mol. The van der Waals surface area contributed by atoms with Crippen molar-refractivity contribution < 1.29 is 14.0 Å². The molecule has 0 atom stereocenters. The van der Waals surface area contributed by atoms with E-state index in [0.717, 1.165) is 0 Å². The molecule has 164 valence electrons. The Kier molecular flexibility index (Phi) is 7.88. The topological polar surface area (TPSA) is 48.4 Å². The number of pyridine rings is 1. The standard InChI is InChI=1S/C26H26INO3Si/c1-20(29)31-25-21(15-17-27)16-18-28-24(25)19-30-32(26(2,3)4,22-11-7-5-8-12-22)23-13-9-6-10-14-23/h5-14,16,18H,19H2,1-4H3. The zero-order valence-corrected chi connectivity index (χ0v) is 21.8. The summed E-state index contributed by atoms with van der Waals surface area (Å²) in [6, 6.07) is 22.5. The van der Waals surface area contributed by atoms with Gasteiger partial charge >= 0.3 is 5.97 Å². The summed E-state index contributed by atoms with van der Waals surface area (Å²) in [5.41, 5.74) is 1.18. The molecule has 6 heteroatoms. The Morgan fingerprint density at radius 1 is 1.00 bits per heavy atom. The van der Waals surface area contributed by atoms with Crippen LogP contribution in [0.3, 0.4) is 0 Å². The Balaban J connectivity index is 2.15. The molecule has 1 aromatic heterocycles. The number of hydrogen-bond acceptors (Lipinski definition) is 4. The van der Waals surface area contributed by atoms with Gasteiger partial charge in [-0.1, -0.05) is 87.4 Å². The molecule has 0 fully saturated rings. The number of carbonyl (C=O) groups excluding carboxylic acids is 1. The van der Waals surface area contributed by atoms with E-state index in [1.54, 1.807) is 12.3 Å². The van der Waals surface area contributed by atoms with Crippen molar-refractivity contribution >= 4 is 47.3 Å². The van der Waals surface area contributed by atoms with Crippen molar-refractivity contribution in [3.8, 4) is 15.6 Å². The van der Waals surface area contributed by atoms with Crippen LogP contribution in [-0.2, 0) is 15.8 Å². The zero-order chi connectivity index (χ0) is 23.2. The molecular formula is C26H26INO3Si. The minimum absolute atomic E-state index is 0.170. The molecular weight excluding hydrogens is 529 g/mol. The molecule has 0 aliphatic rings. The number of esters is 1. The second-order valence-corrected chi connectivity index (χ2v) is 13.2. The Hall–Kier alpha value is -2.47. The molecule has 0 saturated carbocycles. The first-order valence-corrected chi connectivity index (χ1v) is 13.3. The van der Waals surface area contributed by atoms with Crippen LogP contribution in [0.25, 0.3) is 0 Å². The molecule has 0 radical (unpaired) electrons. The fourth-order valence-corrected chi connectivity index (χ4v) is 8.74. The molecule has 4 nitrogen and oxygen atoms in total. The highest BCUT2D eigenvalue weighted by Gasteiger charge is 2.50. The first kappa shape index (κ1) is 24.2. The lowest BCUT2D eigenvalue weighted by Gasteiger charge is -2.43. The Morgan fingerprint density at radius 2 is 1.56 bits per heavy atom. The summed E-state index contributed by atoms with van der Waals surface area (Å²) < 4.78 is 15.3. The number of aromatic nitrogens is 1. The average Bonchev–Trinajstić information content (AvgIpc) is 2.76. The monoisotopic (exact) mass is 555 g/mol. The van der Waals surface area contributed by atoms with E-state index in [1.165, 1.54) is 17.3 Å². The van der Waals surface area contributed by atoms with E-state index in [0.29, 0.717) is 17.0 Å². The van der Waals surface area contributed by atoms with Crippen LogP contribution >= 0.6 is 22.6 Å². The van der Waals surface area contributed by atoms with Crippen LogP contribution in [0.15, 0.2) is 72.9 Å². The smallest absolute Gasteiger partial charge is 0.308 e. The zero-order valence-electron chi connectivity index (χ0n) is 18.7. The molecule has 3 aromatic rings. The first-order chi connectivity index (χ1) is 15.3. The number of halogens is 1. The van der Waals surface area contributed by atoms with Crippen LogP contribution in [0.4, 0.5) is 0 Å². The van der Waals surface area contributed by atoms with Gasteiger partial charge in [-0.3, -0.25) is 9.78 Å². The number of ether oxygens (including phenoxy) is 1. The second kappa shape index (κ2) is 10.4. The van der Waals surface area contributed by atoms with E-state index < -0.39 is 14.3 Å². The van der Waals surface area contributed by atoms with E-state index in [2.05, 4.69) is 59.9 Å². The molecule has 0 aliphatic heterocycles. The third kappa shape index (κ3) is 5.12. The molecule has 0 aliphatic carbocycles. The van der Waals surface area contributed by atoms with Crippen LogP contribution in [0.5, 0.6) is 5.75 Å². The van der Waals surface area contributed by atoms with E-state index in [1.807, 2.05) is 59.0 Å². The fraction of sp³-hybridized carbons (Fsp3) is 0.231. The predicted octanol–water partition coefficient (Wildman–Crippen LogP) is 4.83. The highest BCUT2D eigenvalue weighted by Crippen LogP contribution is 2.37. The maximum Gasteiger partial charge on any atom is 0.308 e. The summed E-state index contributed by atoms with van der Waals surface area (Å²) in [5, 5.41) is 2.18. The van der Waals surface area contributed by atoms with Gasteiger partial charge in [0.1, 0.15) is 5.69 Å². The Morgan fingerprint density at radius 3 is 2.03 bits per heavy atom. The number of carbonyl (C=O) groups is 1. The lowest BCUT2D eigenvalue weighted by Crippen LogP contribution is -2.66. The van der Waals surface area contributed by atoms with Crippen molar-refractivity contribution in [1.82, 2.24) is 4.98 Å². The van der Waals surface area contributed by atoms with Crippen molar-refractivity contribution in [3.63, 3.8) is 0 Å². The third-order valence-corrected chi connectivity index (χ3v) is 10.5. The van der Waals surface area contributed by atoms with E-state index in [-0.39, 0.29) is 11.6 Å². The van der Waals surface area contributed by atoms with E-state index in [4.69, 9.17) is 9.16 Å². The fourth-order valence-electron chi connectivity index (χ4n) is 3.94. The van der Waals surface area contributed by atoms with Gasteiger partial charge in [-0.2, -0.15) is 0 Å². The number of nitrogens with zero attached hydrogens (tertiary/aromatic N) is 1. The molecule has 2 aromatic carbocycles. The highest BCUT2D eigenvalue weighted by molar-refractivity contribution is 14.1. The molecule has 0 saturated heterocycles. The molecule has 0 bridgehead atoms. The summed E-state index contributed by atoms with van der Waals surface area (Å²) in [7, 11) is -2.75. The maximum atomic E-state index is 11.8. The van der Waals surface area contributed by atoms with Crippen molar-refractivity contribution in [2.75, 3.05) is 0 Å². The number of rotatable bonds is 6. The molecule has 32 heavy (non-hydrogen) atoms. The summed E-state index contributed by atoms with van der Waals surface area (Å²) >= 11 is 1.97. The third-order valence-electron chi connectivity index (χ3n) is 5.25. The molecule has 0 unspecified atom stereocenters. The minimum atomic E-state index is -2.75. The van der Waals surface area contributed by atoms with Crippen LogP contribution in [0, 0.1) is 9.85 Å². The normalized spacial score (nSPS) is 11.4. The van der Waals surface area contributed by atoms with Crippen LogP contribution in [-0.4, -0.2) is 19.3 Å². The number of benzene rings is 2. The van der Waals surface area contributed by atoms with Crippen molar-refractivity contribution in [3.05, 3.63) is 84.2 Å². The molecule has 1 heterocycles. The summed E-state index contributed by atoms with van der Waals surface area (Å²) in [4.78, 5) is 16.3. The molecule has 0 spiro atoms. The van der Waals surface area contributed by atoms with Gasteiger partial charge in [-0.25, -0.2) is 0 Å². The van der Waals surface area contributed by atoms with E-state index >= 15 is 0 Å². The van der Waals surface area contributed by atoms with Crippen LogP contribution in [0.2, 0.25) is 5.04 Å². The molecule has 3 rings (SSSR count). The Labute approximate surface area is 204 Å². The van der Waals surface area contributed by atoms with E-state index in [9.17, 15) is 4.79 Å². The molecule has 0 N–H and O–H groups in total. The van der Waals surface area contributed by atoms with Gasteiger partial charge in [0.05, 0.1) is 12.2 Å². The van der Waals surface area contributed by atoms with Gasteiger partial charge in [0.25, 0.3) is 8.32 Å². The summed E-state index contributed by atoms with van der Waals surface area (Å²) in [6.07, 6.45) is 1.67. The maximum absolute atomic E-state index is 11.8. The van der Waals surface area contributed by atoms with Crippen molar-refractivity contribution in [2.45, 2.75) is 39.3 Å². The second-order valence-electron chi connectivity index (χ2n) is 8.40. The van der Waals surface area contributed by atoms with Gasteiger partial charge in [-0.05, 0) is 25.4 Å². The number of hydrogen-bond donors (Lipinski definition) is 0. The van der Waals surface area contributed by atoms with Gasteiger partial charge < -0.3 is 9.16 Å². The quantitative estimate of drug-likeness (QED) is 0.189. The lowest BCUT2D eigenvalue weighted by atomic mass is 10.2.